The van der Waals surface area contributed by atoms with Crippen molar-refractivity contribution in [2.24, 2.45) is 5.92 Å². The number of nitrogens with zero attached hydrogens (tertiary/aromatic N) is 1. The number of benzene rings is 1. The maximum absolute atomic E-state index is 13.1. The number of carbonyl (C=O) groups excluding carboxylic acids is 2. The normalized spacial score (nSPS) is 27.4. The molecule has 2 aliphatic heterocycles. The molecule has 0 radical (unpaired) electrons. The molecule has 2 saturated heterocycles. The fourth-order valence-corrected chi connectivity index (χ4v) is 5.85. The minimum Gasteiger partial charge on any atom is -0.494 e. The van der Waals surface area contributed by atoms with Gasteiger partial charge in [0.15, 0.2) is 0 Å². The molecule has 3 aliphatic rings. The first kappa shape index (κ1) is 20.5. The molecule has 1 saturated carbocycles. The summed E-state index contributed by atoms with van der Waals surface area (Å²) in [5.74, 6) is 0.536. The van der Waals surface area contributed by atoms with E-state index in [-0.39, 0.29) is 11.8 Å². The third-order valence-corrected chi connectivity index (χ3v) is 7.23. The van der Waals surface area contributed by atoms with Crippen LogP contribution in [-0.4, -0.2) is 42.5 Å². The van der Waals surface area contributed by atoms with Crippen LogP contribution in [0.2, 0.25) is 5.02 Å². The summed E-state index contributed by atoms with van der Waals surface area (Å²) >= 11 is 6.23. The summed E-state index contributed by atoms with van der Waals surface area (Å²) in [6.07, 6.45) is 11.6. The second kappa shape index (κ2) is 8.92. The van der Waals surface area contributed by atoms with Crippen LogP contribution in [0.25, 0.3) is 0 Å². The zero-order chi connectivity index (χ0) is 20.4. The summed E-state index contributed by atoms with van der Waals surface area (Å²) in [5.41, 5.74) is 0.997. The van der Waals surface area contributed by atoms with Gasteiger partial charge in [-0.2, -0.15) is 0 Å². The number of halogens is 1. The largest absolute Gasteiger partial charge is 0.494 e. The van der Waals surface area contributed by atoms with E-state index in [9.17, 15) is 9.59 Å². The topological polar surface area (TPSA) is 70.7 Å². The van der Waals surface area contributed by atoms with Crippen LogP contribution in [-0.2, 0) is 9.59 Å². The first-order valence-electron chi connectivity index (χ1n) is 10.8. The van der Waals surface area contributed by atoms with E-state index in [1.54, 1.807) is 12.1 Å². The van der Waals surface area contributed by atoms with Crippen LogP contribution in [0.4, 0.5) is 11.4 Å². The minimum absolute atomic E-state index is 0.0172. The van der Waals surface area contributed by atoms with Gasteiger partial charge in [0.25, 0.3) is 0 Å². The lowest BCUT2D eigenvalue weighted by Crippen LogP contribution is -2.51. The molecule has 2 atom stereocenters. The van der Waals surface area contributed by atoms with E-state index in [4.69, 9.17) is 16.3 Å². The third-order valence-electron chi connectivity index (χ3n) is 6.92. The lowest BCUT2D eigenvalue weighted by molar-refractivity contribution is -0.122. The molecule has 2 N–H and O–H groups in total. The predicted octanol–water partition coefficient (Wildman–Crippen LogP) is 4.43. The van der Waals surface area contributed by atoms with Gasteiger partial charge in [-0.3, -0.25) is 14.5 Å². The molecule has 158 valence electrons. The number of anilines is 2. The molecule has 7 heteroatoms. The lowest BCUT2D eigenvalue weighted by Gasteiger charge is -2.44. The molecule has 4 rings (SSSR count). The van der Waals surface area contributed by atoms with Crippen LogP contribution < -0.4 is 15.4 Å². The third kappa shape index (κ3) is 4.24. The van der Waals surface area contributed by atoms with Gasteiger partial charge in [-0.05, 0) is 44.6 Å². The lowest BCUT2D eigenvalue weighted by atomic mass is 9.85. The Morgan fingerprint density at radius 2 is 1.76 bits per heavy atom. The maximum atomic E-state index is 13.1. The highest BCUT2D eigenvalue weighted by atomic mass is 35.5. The van der Waals surface area contributed by atoms with Crippen LogP contribution in [0.5, 0.6) is 5.75 Å². The number of nitrogens with one attached hydrogen (secondary N) is 2. The first-order chi connectivity index (χ1) is 14.1. The molecule has 3 fully saturated rings. The fourth-order valence-electron chi connectivity index (χ4n) is 5.63. The molecule has 2 bridgehead atoms. The Labute approximate surface area is 177 Å². The van der Waals surface area contributed by atoms with Gasteiger partial charge in [0.2, 0.25) is 12.3 Å². The van der Waals surface area contributed by atoms with Crippen molar-refractivity contribution in [3.63, 3.8) is 0 Å². The molecule has 2 unspecified atom stereocenters. The summed E-state index contributed by atoms with van der Waals surface area (Å²) in [4.78, 5) is 26.5. The van der Waals surface area contributed by atoms with Crippen molar-refractivity contribution in [3.8, 4) is 5.75 Å². The highest BCUT2D eigenvalue weighted by Crippen LogP contribution is 2.43. The molecule has 29 heavy (non-hydrogen) atoms. The number of piperidine rings is 1. The van der Waals surface area contributed by atoms with E-state index in [1.165, 1.54) is 52.1 Å². The quantitative estimate of drug-likeness (QED) is 0.669. The van der Waals surface area contributed by atoms with Gasteiger partial charge in [0, 0.05) is 30.1 Å². The number of hydrogen-bond acceptors (Lipinski definition) is 4. The van der Waals surface area contributed by atoms with E-state index in [0.29, 0.717) is 40.6 Å². The molecule has 0 spiro atoms. The number of rotatable bonds is 6. The highest BCUT2D eigenvalue weighted by molar-refractivity contribution is 6.34. The Bertz CT molecular complexity index is 752. The van der Waals surface area contributed by atoms with E-state index in [2.05, 4.69) is 15.5 Å². The maximum Gasteiger partial charge on any atom is 0.227 e. The molecular weight excluding hydrogens is 390 g/mol. The minimum atomic E-state index is 0.0172. The van der Waals surface area contributed by atoms with Crippen LogP contribution in [0.3, 0.4) is 0 Å². The monoisotopic (exact) mass is 419 g/mol. The van der Waals surface area contributed by atoms with Gasteiger partial charge in [0.1, 0.15) is 5.75 Å². The number of amides is 2. The summed E-state index contributed by atoms with van der Waals surface area (Å²) in [7, 11) is 1.53. The fraction of sp³-hybridized carbons (Fsp3) is 0.636. The van der Waals surface area contributed by atoms with E-state index in [1.807, 2.05) is 0 Å². The summed E-state index contributed by atoms with van der Waals surface area (Å²) in [6, 6.07) is 5.06. The average Bonchev–Trinajstić information content (AvgIpc) is 3.00. The second-order valence-electron chi connectivity index (χ2n) is 8.58. The molecule has 1 aromatic rings. The number of fused-ring (bicyclic) bond motifs is 2. The van der Waals surface area contributed by atoms with E-state index in [0.717, 1.165) is 18.9 Å². The van der Waals surface area contributed by atoms with Crippen molar-refractivity contribution in [3.05, 3.63) is 17.2 Å². The Hall–Kier alpha value is -1.79. The van der Waals surface area contributed by atoms with Gasteiger partial charge < -0.3 is 15.4 Å². The van der Waals surface area contributed by atoms with Crippen molar-refractivity contribution < 1.29 is 14.3 Å². The van der Waals surface area contributed by atoms with Gasteiger partial charge >= 0.3 is 0 Å². The second-order valence-corrected chi connectivity index (χ2v) is 8.98. The van der Waals surface area contributed by atoms with E-state index >= 15 is 0 Å². The summed E-state index contributed by atoms with van der Waals surface area (Å²) in [6.45, 7) is 0. The van der Waals surface area contributed by atoms with Crippen molar-refractivity contribution in [2.45, 2.75) is 75.9 Å². The van der Waals surface area contributed by atoms with Gasteiger partial charge in [-0.15, -0.1) is 0 Å². The predicted molar refractivity (Wildman–Crippen MR) is 115 cm³/mol. The highest BCUT2D eigenvalue weighted by Gasteiger charge is 2.45. The number of methoxy groups -OCH3 is 1. The van der Waals surface area contributed by atoms with Crippen molar-refractivity contribution >= 4 is 35.3 Å². The Morgan fingerprint density at radius 1 is 1.07 bits per heavy atom. The first-order valence-corrected chi connectivity index (χ1v) is 11.1. The van der Waals surface area contributed by atoms with Gasteiger partial charge in [0.05, 0.1) is 23.5 Å². The van der Waals surface area contributed by atoms with Crippen molar-refractivity contribution in [1.82, 2.24) is 4.90 Å². The summed E-state index contributed by atoms with van der Waals surface area (Å²) in [5, 5.41) is 5.92. The number of carbonyl (C=O) groups is 2. The van der Waals surface area contributed by atoms with Gasteiger partial charge in [-0.1, -0.05) is 30.9 Å². The summed E-state index contributed by atoms with van der Waals surface area (Å²) < 4.78 is 5.39. The van der Waals surface area contributed by atoms with Crippen LogP contribution in [0.15, 0.2) is 12.1 Å². The standard InChI is InChI=1S/C22H30ClN3O3/c1-29-21-12-19(24-13-27)18(23)11-20(21)25-22(28)14-9-16-7-8-17(10-14)26(16)15-5-3-2-4-6-15/h11-17H,2-10H2,1H3,(H,24,27)(H,25,28). The molecule has 1 aromatic carbocycles. The number of ether oxygens (including phenoxy) is 1. The zero-order valence-corrected chi connectivity index (χ0v) is 17.7. The molecule has 6 nitrogen and oxygen atoms in total. The van der Waals surface area contributed by atoms with Gasteiger partial charge in [-0.25, -0.2) is 0 Å². The molecule has 2 amide bonds. The Balaban J connectivity index is 1.44. The van der Waals surface area contributed by atoms with Crippen molar-refractivity contribution in [1.29, 1.82) is 0 Å². The van der Waals surface area contributed by atoms with Crippen LogP contribution in [0, 0.1) is 5.92 Å². The molecule has 1 aliphatic carbocycles. The van der Waals surface area contributed by atoms with Crippen LogP contribution in [0.1, 0.15) is 57.8 Å². The van der Waals surface area contributed by atoms with Crippen molar-refractivity contribution in [2.75, 3.05) is 17.7 Å². The molecule has 0 aromatic heterocycles. The molecular formula is C22H30ClN3O3. The Morgan fingerprint density at radius 3 is 2.38 bits per heavy atom. The van der Waals surface area contributed by atoms with E-state index < -0.39 is 0 Å². The smallest absolute Gasteiger partial charge is 0.227 e. The van der Waals surface area contributed by atoms with Crippen LogP contribution >= 0.6 is 11.6 Å². The SMILES string of the molecule is COc1cc(NC=O)c(Cl)cc1NC(=O)C1CC2CCC(C1)N2C1CCCCC1. The number of hydrogen-bond donors (Lipinski definition) is 2. The Kier molecular flexibility index (Phi) is 6.30. The molecule has 2 heterocycles. The zero-order valence-electron chi connectivity index (χ0n) is 17.0. The average molecular weight is 420 g/mol.